The maximum absolute atomic E-state index is 10.3. The molecule has 0 aromatic heterocycles. The molecule has 0 aliphatic carbocycles. The lowest BCUT2D eigenvalue weighted by molar-refractivity contribution is -0.133. The van der Waals surface area contributed by atoms with Gasteiger partial charge in [-0.15, -0.1) is 0 Å². The van der Waals surface area contributed by atoms with E-state index in [1.807, 2.05) is 0 Å². The van der Waals surface area contributed by atoms with Gasteiger partial charge in [-0.3, -0.25) is 0 Å². The maximum Gasteiger partial charge on any atom is 0.335 e. The summed E-state index contributed by atoms with van der Waals surface area (Å²) in [5, 5.41) is 25.0. The van der Waals surface area contributed by atoms with Crippen LogP contribution < -0.4 is 0 Å². The van der Waals surface area contributed by atoms with Gasteiger partial charge in [0.05, 0.1) is 0 Å². The Morgan fingerprint density at radius 1 is 1.55 bits per heavy atom. The predicted molar refractivity (Wildman–Crippen MR) is 35.2 cm³/mol. The number of hydrogen-bond acceptors (Lipinski definition) is 5. The first kappa shape index (κ1) is 9.67. The summed E-state index contributed by atoms with van der Waals surface area (Å²) in [4.78, 5) is 10.3. The number of aliphatic hydroxyl groups excluding tert-OH is 2. The van der Waals surface area contributed by atoms with Crippen LogP contribution in [0.5, 0.6) is 0 Å². The quantitative estimate of drug-likeness (QED) is 0.222. The van der Waals surface area contributed by atoms with Gasteiger partial charge < -0.3 is 20.1 Å². The average molecular weight is 160 g/mol. The minimum atomic E-state index is -2.03. The Hall–Kier alpha value is -1.33. The first-order valence-corrected chi connectivity index (χ1v) is 2.66. The van der Waals surface area contributed by atoms with Crippen LogP contribution in [-0.2, 0) is 9.53 Å². The third kappa shape index (κ3) is 4.12. The first-order chi connectivity index (χ1) is 5.07. The van der Waals surface area contributed by atoms with Crippen molar-refractivity contribution >= 4 is 5.97 Å². The Bertz CT molecular complexity index is 181. The van der Waals surface area contributed by atoms with E-state index in [9.17, 15) is 4.79 Å². The average Bonchev–Trinajstić information content (AvgIpc) is 1.99. The molecule has 62 valence electrons. The van der Waals surface area contributed by atoms with E-state index in [2.05, 4.69) is 11.3 Å². The minimum Gasteiger partial charge on any atom is -0.505 e. The molecule has 0 saturated heterocycles. The van der Waals surface area contributed by atoms with E-state index in [0.29, 0.717) is 6.26 Å². The fourth-order valence-corrected chi connectivity index (χ4v) is 0.227. The normalized spacial score (nSPS) is 11.4. The second-order valence-corrected chi connectivity index (χ2v) is 1.56. The molecule has 0 aromatic rings. The molecule has 11 heavy (non-hydrogen) atoms. The van der Waals surface area contributed by atoms with Gasteiger partial charge in [-0.25, -0.2) is 4.79 Å². The van der Waals surface area contributed by atoms with Gasteiger partial charge in [-0.1, -0.05) is 6.58 Å². The van der Waals surface area contributed by atoms with Crippen LogP contribution in [0, 0.1) is 0 Å². The zero-order valence-corrected chi connectivity index (χ0v) is 5.60. The number of ether oxygens (including phenoxy) is 1. The second-order valence-electron chi connectivity index (χ2n) is 1.56. The highest BCUT2D eigenvalue weighted by atomic mass is 16.5. The molecule has 0 aliphatic rings. The van der Waals surface area contributed by atoms with Gasteiger partial charge in [0, 0.05) is 6.08 Å². The Balaban J connectivity index is 3.92. The van der Waals surface area contributed by atoms with Crippen LogP contribution in [0.1, 0.15) is 0 Å². The third-order valence-corrected chi connectivity index (χ3v) is 0.727. The van der Waals surface area contributed by atoms with E-state index in [1.54, 1.807) is 0 Å². The summed E-state index contributed by atoms with van der Waals surface area (Å²) in [6.45, 7) is 3.07. The summed E-state index contributed by atoms with van der Waals surface area (Å²) >= 11 is 0. The third-order valence-electron chi connectivity index (χ3n) is 0.727. The summed E-state index contributed by atoms with van der Waals surface area (Å²) < 4.78 is 4.13. The summed E-state index contributed by atoms with van der Waals surface area (Å²) in [5.41, 5.74) is 0. The van der Waals surface area contributed by atoms with Crippen molar-refractivity contribution in [3.05, 3.63) is 24.7 Å². The van der Waals surface area contributed by atoms with Crippen LogP contribution in [0.2, 0.25) is 0 Å². The van der Waals surface area contributed by atoms with E-state index >= 15 is 0 Å². The maximum atomic E-state index is 10.3. The monoisotopic (exact) mass is 160 g/mol. The predicted octanol–water partition coefficient (Wildman–Crippen LogP) is -0.574. The Morgan fingerprint density at radius 3 is 2.45 bits per heavy atom. The zero-order valence-electron chi connectivity index (χ0n) is 5.60. The molecule has 0 heterocycles. The van der Waals surface area contributed by atoms with Crippen LogP contribution in [0.3, 0.4) is 0 Å². The molecule has 5 nitrogen and oxygen atoms in total. The zero-order chi connectivity index (χ0) is 8.85. The van der Waals surface area contributed by atoms with Crippen LogP contribution in [0.25, 0.3) is 0 Å². The van der Waals surface area contributed by atoms with Crippen molar-refractivity contribution < 1.29 is 24.9 Å². The van der Waals surface area contributed by atoms with Crippen molar-refractivity contribution in [3.63, 3.8) is 0 Å². The van der Waals surface area contributed by atoms with E-state index < -0.39 is 18.0 Å². The summed E-state index contributed by atoms with van der Waals surface area (Å²) in [7, 11) is 0. The van der Waals surface area contributed by atoms with Gasteiger partial charge in [0.1, 0.15) is 6.26 Å². The minimum absolute atomic E-state index is 0.522. The van der Waals surface area contributed by atoms with Gasteiger partial charge >= 0.3 is 5.97 Å². The van der Waals surface area contributed by atoms with Gasteiger partial charge in [-0.2, -0.15) is 0 Å². The number of rotatable bonds is 3. The highest BCUT2D eigenvalue weighted by Crippen LogP contribution is 1.94. The fraction of sp³-hybridized carbons (Fsp3) is 0.167. The fourth-order valence-electron chi connectivity index (χ4n) is 0.227. The van der Waals surface area contributed by atoms with Crippen molar-refractivity contribution in [1.82, 2.24) is 0 Å². The molecule has 0 amide bonds. The number of carbonyl (C=O) groups excluding carboxylic acids is 1. The van der Waals surface area contributed by atoms with Gasteiger partial charge in [0.15, 0.2) is 5.76 Å². The second kappa shape index (κ2) is 4.48. The summed E-state index contributed by atoms with van der Waals surface area (Å²) in [5.74, 6) is -1.64. The molecule has 0 radical (unpaired) electrons. The smallest absolute Gasteiger partial charge is 0.335 e. The molecule has 0 saturated carbocycles. The van der Waals surface area contributed by atoms with E-state index in [-0.39, 0.29) is 0 Å². The molecule has 0 aromatic carbocycles. The molecule has 5 heteroatoms. The largest absolute Gasteiger partial charge is 0.505 e. The van der Waals surface area contributed by atoms with Gasteiger partial charge in [-0.05, 0) is 0 Å². The van der Waals surface area contributed by atoms with Crippen molar-refractivity contribution in [2.45, 2.75) is 6.29 Å². The number of aliphatic hydroxyl groups is 3. The number of carbonyl (C=O) groups is 1. The molecule has 0 atom stereocenters. The number of esters is 1. The van der Waals surface area contributed by atoms with Crippen LogP contribution >= 0.6 is 0 Å². The Kier molecular flexibility index (Phi) is 3.94. The summed E-state index contributed by atoms with van der Waals surface area (Å²) in [6.07, 6.45) is -0.644. The lowest BCUT2D eigenvalue weighted by atomic mass is 10.5. The molecular formula is C6H8O5. The lowest BCUT2D eigenvalue weighted by Crippen LogP contribution is -2.09. The molecule has 3 N–H and O–H groups in total. The molecular weight excluding hydrogens is 152 g/mol. The number of hydrogen-bond donors (Lipinski definition) is 3. The van der Waals surface area contributed by atoms with Crippen LogP contribution in [0.4, 0.5) is 0 Å². The van der Waals surface area contributed by atoms with Crippen LogP contribution in [0.15, 0.2) is 24.7 Å². The molecule has 0 fully saturated rings. The van der Waals surface area contributed by atoms with Gasteiger partial charge in [0.25, 0.3) is 0 Å². The molecule has 0 unspecified atom stereocenters. The SMILES string of the molecule is C=CC(=O)O/C=C(\O)C(O)O. The van der Waals surface area contributed by atoms with Crippen LogP contribution in [-0.4, -0.2) is 27.6 Å². The molecule has 0 bridgehead atoms. The Labute approximate surface area is 62.8 Å². The topological polar surface area (TPSA) is 87.0 Å². The highest BCUT2D eigenvalue weighted by molar-refractivity contribution is 5.81. The molecule has 0 rings (SSSR count). The molecule has 0 spiro atoms. The standard InChI is InChI=1S/C6H8O5/c1-2-5(8)11-3-4(7)6(9)10/h2-3,6-7,9-10H,1H2/b4-3-. The van der Waals surface area contributed by atoms with E-state index in [1.165, 1.54) is 0 Å². The summed E-state index contributed by atoms with van der Waals surface area (Å²) in [6, 6.07) is 0. The molecule has 0 aliphatic heterocycles. The van der Waals surface area contributed by atoms with Crippen molar-refractivity contribution in [1.29, 1.82) is 0 Å². The van der Waals surface area contributed by atoms with Gasteiger partial charge in [0.2, 0.25) is 6.29 Å². The van der Waals surface area contributed by atoms with E-state index in [4.69, 9.17) is 15.3 Å². The van der Waals surface area contributed by atoms with Crippen molar-refractivity contribution in [2.75, 3.05) is 0 Å². The van der Waals surface area contributed by atoms with E-state index in [0.717, 1.165) is 6.08 Å². The highest BCUT2D eigenvalue weighted by Gasteiger charge is 2.04. The van der Waals surface area contributed by atoms with Crippen molar-refractivity contribution in [3.8, 4) is 0 Å². The van der Waals surface area contributed by atoms with Crippen molar-refractivity contribution in [2.24, 2.45) is 0 Å². The Morgan fingerprint density at radius 2 is 2.09 bits per heavy atom. The lowest BCUT2D eigenvalue weighted by Gasteiger charge is -1.99. The first-order valence-electron chi connectivity index (χ1n) is 2.66.